The van der Waals surface area contributed by atoms with Crippen molar-refractivity contribution in [3.63, 3.8) is 0 Å². The van der Waals surface area contributed by atoms with E-state index in [1.807, 2.05) is 26.8 Å². The van der Waals surface area contributed by atoms with Gasteiger partial charge in [-0.1, -0.05) is 15.9 Å². The number of hydrogen-bond donors (Lipinski definition) is 1. The van der Waals surface area contributed by atoms with Crippen LogP contribution in [0.15, 0.2) is 22.7 Å². The van der Waals surface area contributed by atoms with Crippen molar-refractivity contribution in [2.75, 3.05) is 19.7 Å². The largest absolute Gasteiger partial charge is 0.508 e. The van der Waals surface area contributed by atoms with Gasteiger partial charge in [0.15, 0.2) is 0 Å². The molecule has 122 valence electrons. The minimum atomic E-state index is -0.507. The zero-order valence-corrected chi connectivity index (χ0v) is 14.7. The molecule has 0 radical (unpaired) electrons. The number of amides is 1. The van der Waals surface area contributed by atoms with Gasteiger partial charge in [0.05, 0.1) is 19.3 Å². The van der Waals surface area contributed by atoms with Crippen LogP contribution in [0.3, 0.4) is 0 Å². The Hall–Kier alpha value is -1.27. The molecule has 1 aromatic rings. The van der Waals surface area contributed by atoms with E-state index < -0.39 is 5.60 Å². The van der Waals surface area contributed by atoms with Crippen molar-refractivity contribution < 1.29 is 19.4 Å². The van der Waals surface area contributed by atoms with E-state index in [9.17, 15) is 9.90 Å². The van der Waals surface area contributed by atoms with Crippen molar-refractivity contribution in [1.29, 1.82) is 0 Å². The van der Waals surface area contributed by atoms with Crippen LogP contribution in [0.1, 0.15) is 26.3 Å². The van der Waals surface area contributed by atoms with Gasteiger partial charge in [0.1, 0.15) is 11.4 Å². The van der Waals surface area contributed by atoms with Gasteiger partial charge in [-0.15, -0.1) is 0 Å². The lowest BCUT2D eigenvalue weighted by Gasteiger charge is -2.34. The first-order valence-electron chi connectivity index (χ1n) is 7.31. The highest BCUT2D eigenvalue weighted by molar-refractivity contribution is 9.10. The molecule has 2 rings (SSSR count). The Balaban J connectivity index is 1.98. The number of nitrogens with zero attached hydrogens (tertiary/aromatic N) is 1. The second-order valence-electron chi connectivity index (χ2n) is 6.40. The first kappa shape index (κ1) is 17.1. The van der Waals surface area contributed by atoms with Crippen molar-refractivity contribution in [3.05, 3.63) is 28.2 Å². The lowest BCUT2D eigenvalue weighted by molar-refractivity contribution is -0.0416. The van der Waals surface area contributed by atoms with E-state index in [0.717, 1.165) is 10.0 Å². The van der Waals surface area contributed by atoms with Crippen LogP contribution in [0, 0.1) is 0 Å². The Labute approximate surface area is 139 Å². The van der Waals surface area contributed by atoms with Gasteiger partial charge in [-0.3, -0.25) is 0 Å². The van der Waals surface area contributed by atoms with Gasteiger partial charge < -0.3 is 19.5 Å². The second kappa shape index (κ2) is 6.87. The van der Waals surface area contributed by atoms with E-state index in [-0.39, 0.29) is 17.9 Å². The molecule has 1 heterocycles. The van der Waals surface area contributed by atoms with Gasteiger partial charge in [-0.25, -0.2) is 4.79 Å². The van der Waals surface area contributed by atoms with Crippen molar-refractivity contribution in [1.82, 2.24) is 4.90 Å². The number of carbonyl (C=O) groups is 1. The summed E-state index contributed by atoms with van der Waals surface area (Å²) in [6.45, 7) is 7.00. The zero-order chi connectivity index (χ0) is 16.3. The summed E-state index contributed by atoms with van der Waals surface area (Å²) in [6, 6.07) is 5.30. The van der Waals surface area contributed by atoms with Crippen LogP contribution in [0.5, 0.6) is 5.75 Å². The summed E-state index contributed by atoms with van der Waals surface area (Å²) >= 11 is 3.39. The van der Waals surface area contributed by atoms with Crippen LogP contribution in [0.2, 0.25) is 0 Å². The highest BCUT2D eigenvalue weighted by Crippen LogP contribution is 2.25. The summed E-state index contributed by atoms with van der Waals surface area (Å²) in [5.74, 6) is 0.237. The third-order valence-electron chi connectivity index (χ3n) is 3.28. The third kappa shape index (κ3) is 4.88. The lowest BCUT2D eigenvalue weighted by Crippen LogP contribution is -2.48. The molecule has 0 bridgehead atoms. The number of hydrogen-bond acceptors (Lipinski definition) is 4. The molecule has 1 N–H and O–H groups in total. The second-order valence-corrected chi connectivity index (χ2v) is 7.31. The number of halogens is 1. The maximum Gasteiger partial charge on any atom is 0.410 e. The van der Waals surface area contributed by atoms with Gasteiger partial charge in [0.2, 0.25) is 0 Å². The van der Waals surface area contributed by atoms with Crippen molar-refractivity contribution in [2.45, 2.75) is 38.9 Å². The number of phenols is 1. The molecule has 1 aromatic carbocycles. The molecule has 0 aliphatic carbocycles. The van der Waals surface area contributed by atoms with Gasteiger partial charge in [-0.05, 0) is 44.5 Å². The highest BCUT2D eigenvalue weighted by atomic mass is 79.9. The topological polar surface area (TPSA) is 59.0 Å². The molecule has 0 saturated carbocycles. The summed E-state index contributed by atoms with van der Waals surface area (Å²) in [6.07, 6.45) is 0.0747. The monoisotopic (exact) mass is 371 g/mol. The number of aromatic hydroxyl groups is 1. The van der Waals surface area contributed by atoms with Crippen LogP contribution in [0.25, 0.3) is 0 Å². The normalized spacial score (nSPS) is 19.1. The Morgan fingerprint density at radius 1 is 1.50 bits per heavy atom. The number of phenolic OH excluding ortho intramolecular Hbond substituents is 1. The van der Waals surface area contributed by atoms with Crippen LogP contribution in [-0.2, 0) is 15.9 Å². The van der Waals surface area contributed by atoms with Gasteiger partial charge in [0, 0.05) is 17.4 Å². The zero-order valence-electron chi connectivity index (χ0n) is 13.1. The quantitative estimate of drug-likeness (QED) is 0.865. The minimum Gasteiger partial charge on any atom is -0.508 e. The summed E-state index contributed by atoms with van der Waals surface area (Å²) < 4.78 is 12.0. The lowest BCUT2D eigenvalue weighted by atomic mass is 10.1. The average molecular weight is 372 g/mol. The molecule has 6 heteroatoms. The molecular weight excluding hydrogens is 350 g/mol. The number of ether oxygens (including phenoxy) is 2. The van der Waals surface area contributed by atoms with Gasteiger partial charge >= 0.3 is 6.09 Å². The molecule has 22 heavy (non-hydrogen) atoms. The maximum absolute atomic E-state index is 12.1. The molecule has 1 amide bonds. The van der Waals surface area contributed by atoms with Crippen LogP contribution in [-0.4, -0.2) is 47.5 Å². The summed E-state index contributed by atoms with van der Waals surface area (Å²) in [5.41, 5.74) is 0.290. The maximum atomic E-state index is 12.1. The average Bonchev–Trinajstić information content (AvgIpc) is 2.41. The smallest absolute Gasteiger partial charge is 0.410 e. The summed E-state index contributed by atoms with van der Waals surface area (Å²) in [7, 11) is 0. The fourth-order valence-electron chi connectivity index (χ4n) is 2.30. The molecule has 1 aliphatic heterocycles. The molecule has 1 fully saturated rings. The molecule has 1 saturated heterocycles. The molecule has 0 aromatic heterocycles. The first-order chi connectivity index (χ1) is 10.2. The molecule has 5 nitrogen and oxygen atoms in total. The fraction of sp³-hybridized carbons (Fsp3) is 0.562. The summed E-state index contributed by atoms with van der Waals surface area (Å²) in [4.78, 5) is 13.8. The number of rotatable bonds is 2. The Morgan fingerprint density at radius 2 is 2.23 bits per heavy atom. The molecule has 1 aliphatic rings. The minimum absolute atomic E-state index is 0.151. The molecule has 0 unspecified atom stereocenters. The highest BCUT2D eigenvalue weighted by Gasteiger charge is 2.28. The fourth-order valence-corrected chi connectivity index (χ4v) is 2.71. The number of benzene rings is 1. The SMILES string of the molecule is CC(C)(C)OC(=O)N1CCO[C@H](Cc2cc(Br)ccc2O)C1. The number of morpholine rings is 1. The Bertz CT molecular complexity index is 541. The predicted octanol–water partition coefficient (Wildman–Crippen LogP) is 3.33. The number of carbonyl (C=O) groups excluding carboxylic acids is 1. The van der Waals surface area contributed by atoms with Crippen molar-refractivity contribution in [3.8, 4) is 5.75 Å². The van der Waals surface area contributed by atoms with Gasteiger partial charge in [-0.2, -0.15) is 0 Å². The first-order valence-corrected chi connectivity index (χ1v) is 8.11. The third-order valence-corrected chi connectivity index (χ3v) is 3.77. The summed E-state index contributed by atoms with van der Waals surface area (Å²) in [5, 5.41) is 9.91. The van der Waals surface area contributed by atoms with E-state index in [2.05, 4.69) is 15.9 Å². The standard InChI is InChI=1S/C16H22BrNO4/c1-16(2,3)22-15(20)18-6-7-21-13(10-18)9-11-8-12(17)4-5-14(11)19/h4-5,8,13,19H,6-7,9-10H2,1-3H3/t13-/m1/s1. The Morgan fingerprint density at radius 3 is 2.91 bits per heavy atom. The van der Waals surface area contributed by atoms with Crippen LogP contribution in [0.4, 0.5) is 4.79 Å². The predicted molar refractivity (Wildman–Crippen MR) is 87.1 cm³/mol. The van der Waals surface area contributed by atoms with Crippen molar-refractivity contribution >= 4 is 22.0 Å². The van der Waals surface area contributed by atoms with E-state index >= 15 is 0 Å². The van der Waals surface area contributed by atoms with Crippen LogP contribution >= 0.6 is 15.9 Å². The van der Waals surface area contributed by atoms with E-state index in [4.69, 9.17) is 9.47 Å². The van der Waals surface area contributed by atoms with Crippen molar-refractivity contribution in [2.24, 2.45) is 0 Å². The Kier molecular flexibility index (Phi) is 5.34. The molecule has 1 atom stereocenters. The van der Waals surface area contributed by atoms with Gasteiger partial charge in [0.25, 0.3) is 0 Å². The van der Waals surface area contributed by atoms with E-state index in [0.29, 0.717) is 26.1 Å². The van der Waals surface area contributed by atoms with E-state index in [1.165, 1.54) is 0 Å². The van der Waals surface area contributed by atoms with Crippen LogP contribution < -0.4 is 0 Å². The molecule has 0 spiro atoms. The molecular formula is C16H22BrNO4. The van der Waals surface area contributed by atoms with E-state index in [1.54, 1.807) is 17.0 Å².